The number of carbonyl (C=O) groups is 1. The van der Waals surface area contributed by atoms with E-state index in [1.807, 2.05) is 0 Å². The fourth-order valence-corrected chi connectivity index (χ4v) is 1.96. The Morgan fingerprint density at radius 1 is 1.35 bits per heavy atom. The minimum Gasteiger partial charge on any atom is -0.495 e. The van der Waals surface area contributed by atoms with E-state index >= 15 is 0 Å². The summed E-state index contributed by atoms with van der Waals surface area (Å²) in [7, 11) is 1.53. The van der Waals surface area contributed by atoms with Crippen molar-refractivity contribution < 1.29 is 19.2 Å². The number of nitro groups is 1. The molecular weight excluding hydrogens is 304 g/mol. The monoisotopic (exact) mass is 320 g/mol. The third kappa shape index (κ3) is 4.25. The molecule has 2 heterocycles. The van der Waals surface area contributed by atoms with Crippen LogP contribution in [-0.2, 0) is 22.5 Å². The zero-order valence-electron chi connectivity index (χ0n) is 12.8. The highest BCUT2D eigenvalue weighted by atomic mass is 16.6. The van der Waals surface area contributed by atoms with Gasteiger partial charge in [-0.3, -0.25) is 9.78 Å². The van der Waals surface area contributed by atoms with Crippen molar-refractivity contribution in [2.75, 3.05) is 13.7 Å². The summed E-state index contributed by atoms with van der Waals surface area (Å²) < 4.78 is 11.5. The van der Waals surface area contributed by atoms with Gasteiger partial charge in [-0.25, -0.2) is 9.55 Å². The molecule has 0 radical (unpaired) electrons. The summed E-state index contributed by atoms with van der Waals surface area (Å²) in [6.45, 7) is 1.84. The molecule has 122 valence electrons. The fraction of sp³-hybridized carbons (Fsp3) is 0.357. The molecule has 0 aliphatic rings. The Bertz CT molecular complexity index is 696. The average molecular weight is 320 g/mol. The highest BCUT2D eigenvalue weighted by Crippen LogP contribution is 2.13. The lowest BCUT2D eigenvalue weighted by Crippen LogP contribution is -2.15. The Labute approximate surface area is 132 Å². The molecule has 0 fully saturated rings. The van der Waals surface area contributed by atoms with E-state index in [1.54, 1.807) is 19.1 Å². The number of nitrogens with zero attached hydrogens (tertiary/aromatic N) is 4. The first kappa shape index (κ1) is 16.4. The van der Waals surface area contributed by atoms with Crippen LogP contribution in [0.4, 0.5) is 5.82 Å². The minimum absolute atomic E-state index is 0.0209. The SMILES string of the molecule is COc1ccc(CC(=O)OCCn2c([N+](=O)[O-])cnc2C)nc1. The second-order valence-corrected chi connectivity index (χ2v) is 4.66. The van der Waals surface area contributed by atoms with Crippen molar-refractivity contribution in [2.24, 2.45) is 0 Å². The minimum atomic E-state index is -0.525. The summed E-state index contributed by atoms with van der Waals surface area (Å²) in [5, 5.41) is 10.8. The number of aromatic nitrogens is 3. The van der Waals surface area contributed by atoms with Gasteiger partial charge < -0.3 is 19.6 Å². The van der Waals surface area contributed by atoms with E-state index in [0.29, 0.717) is 17.3 Å². The summed E-state index contributed by atoms with van der Waals surface area (Å²) >= 11 is 0. The lowest BCUT2D eigenvalue weighted by molar-refractivity contribution is -0.392. The molecule has 9 nitrogen and oxygen atoms in total. The third-order valence-electron chi connectivity index (χ3n) is 3.16. The number of aryl methyl sites for hydroxylation is 1. The quantitative estimate of drug-likeness (QED) is 0.429. The van der Waals surface area contributed by atoms with Crippen molar-refractivity contribution in [2.45, 2.75) is 19.9 Å². The Kier molecular flexibility index (Phi) is 5.23. The van der Waals surface area contributed by atoms with Crippen molar-refractivity contribution in [3.05, 3.63) is 46.2 Å². The van der Waals surface area contributed by atoms with Gasteiger partial charge in [0.05, 0.1) is 25.4 Å². The van der Waals surface area contributed by atoms with E-state index in [9.17, 15) is 14.9 Å². The largest absolute Gasteiger partial charge is 0.495 e. The highest BCUT2D eigenvalue weighted by Gasteiger charge is 2.17. The number of ether oxygens (including phenoxy) is 2. The number of rotatable bonds is 7. The van der Waals surface area contributed by atoms with E-state index in [-0.39, 0.29) is 25.4 Å². The van der Waals surface area contributed by atoms with Gasteiger partial charge in [0.1, 0.15) is 25.1 Å². The van der Waals surface area contributed by atoms with Crippen LogP contribution in [0.3, 0.4) is 0 Å². The summed E-state index contributed by atoms with van der Waals surface area (Å²) in [6, 6.07) is 3.37. The van der Waals surface area contributed by atoms with Crippen LogP contribution >= 0.6 is 0 Å². The van der Waals surface area contributed by atoms with Crippen molar-refractivity contribution >= 4 is 11.8 Å². The molecule has 0 aromatic carbocycles. The molecular formula is C14H16N4O5. The molecule has 0 atom stereocenters. The molecule has 2 rings (SSSR count). The molecule has 0 amide bonds. The van der Waals surface area contributed by atoms with Gasteiger partial charge in [-0.2, -0.15) is 0 Å². The van der Waals surface area contributed by atoms with Crippen LogP contribution in [0.15, 0.2) is 24.5 Å². The number of imidazole rings is 1. The summed E-state index contributed by atoms with van der Waals surface area (Å²) in [5.41, 5.74) is 0.556. The first-order valence-corrected chi connectivity index (χ1v) is 6.82. The molecule has 0 unspecified atom stereocenters. The molecule has 23 heavy (non-hydrogen) atoms. The second kappa shape index (κ2) is 7.34. The van der Waals surface area contributed by atoms with Gasteiger partial charge in [-0.05, 0) is 17.1 Å². The third-order valence-corrected chi connectivity index (χ3v) is 3.16. The van der Waals surface area contributed by atoms with E-state index in [1.165, 1.54) is 24.1 Å². The predicted molar refractivity (Wildman–Crippen MR) is 79.1 cm³/mol. The maximum Gasteiger partial charge on any atom is 0.342 e. The maximum atomic E-state index is 11.7. The van der Waals surface area contributed by atoms with Crippen molar-refractivity contribution in [1.82, 2.24) is 14.5 Å². The zero-order chi connectivity index (χ0) is 16.8. The zero-order valence-corrected chi connectivity index (χ0v) is 12.8. The maximum absolute atomic E-state index is 11.7. The van der Waals surface area contributed by atoms with Gasteiger partial charge in [0.15, 0.2) is 5.82 Å². The van der Waals surface area contributed by atoms with Gasteiger partial charge in [0.25, 0.3) is 0 Å². The summed E-state index contributed by atoms with van der Waals surface area (Å²) in [5.74, 6) is 0.507. The van der Waals surface area contributed by atoms with E-state index in [4.69, 9.17) is 9.47 Å². The van der Waals surface area contributed by atoms with Crippen LogP contribution in [0.2, 0.25) is 0 Å². The fourth-order valence-electron chi connectivity index (χ4n) is 1.96. The summed E-state index contributed by atoms with van der Waals surface area (Å²) in [4.78, 5) is 30.0. The van der Waals surface area contributed by atoms with Crippen LogP contribution in [0.25, 0.3) is 0 Å². The number of esters is 1. The van der Waals surface area contributed by atoms with E-state index in [2.05, 4.69) is 9.97 Å². The number of hydrogen-bond acceptors (Lipinski definition) is 7. The van der Waals surface area contributed by atoms with Crippen LogP contribution < -0.4 is 4.74 Å². The van der Waals surface area contributed by atoms with Gasteiger partial charge in [-0.1, -0.05) is 0 Å². The highest BCUT2D eigenvalue weighted by molar-refractivity contribution is 5.71. The number of carbonyl (C=O) groups excluding carboxylic acids is 1. The molecule has 0 aliphatic carbocycles. The van der Waals surface area contributed by atoms with Crippen molar-refractivity contribution in [3.8, 4) is 5.75 Å². The molecule has 2 aromatic rings. The molecule has 0 spiro atoms. The van der Waals surface area contributed by atoms with Crippen LogP contribution in [0.1, 0.15) is 11.5 Å². The Balaban J connectivity index is 1.85. The first-order chi connectivity index (χ1) is 11.0. The van der Waals surface area contributed by atoms with Crippen molar-refractivity contribution in [3.63, 3.8) is 0 Å². The molecule has 0 aliphatic heterocycles. The Hall–Kier alpha value is -2.97. The van der Waals surface area contributed by atoms with Gasteiger partial charge >= 0.3 is 11.8 Å². The Morgan fingerprint density at radius 3 is 2.74 bits per heavy atom. The molecule has 0 saturated carbocycles. The number of hydrogen-bond donors (Lipinski definition) is 0. The predicted octanol–water partition coefficient (Wildman–Crippen LogP) is 1.29. The first-order valence-electron chi connectivity index (χ1n) is 6.82. The van der Waals surface area contributed by atoms with E-state index < -0.39 is 10.9 Å². The molecule has 0 bridgehead atoms. The smallest absolute Gasteiger partial charge is 0.342 e. The van der Waals surface area contributed by atoms with E-state index in [0.717, 1.165) is 0 Å². The molecule has 0 saturated heterocycles. The molecule has 2 aromatic heterocycles. The van der Waals surface area contributed by atoms with Gasteiger partial charge in [-0.15, -0.1) is 0 Å². The Morgan fingerprint density at radius 2 is 2.13 bits per heavy atom. The topological polar surface area (TPSA) is 109 Å². The van der Waals surface area contributed by atoms with Gasteiger partial charge in [0, 0.05) is 6.92 Å². The lowest BCUT2D eigenvalue weighted by atomic mass is 10.3. The standard InChI is InChI=1S/C14H16N4O5/c1-10-15-9-13(18(20)21)17(10)5-6-23-14(19)7-11-3-4-12(22-2)8-16-11/h3-4,8-9H,5-7H2,1-2H3. The van der Waals surface area contributed by atoms with Crippen molar-refractivity contribution in [1.29, 1.82) is 0 Å². The van der Waals surface area contributed by atoms with Crippen LogP contribution in [-0.4, -0.2) is 39.1 Å². The lowest BCUT2D eigenvalue weighted by Gasteiger charge is -2.06. The van der Waals surface area contributed by atoms with Crippen LogP contribution in [0.5, 0.6) is 5.75 Å². The van der Waals surface area contributed by atoms with Crippen LogP contribution in [0, 0.1) is 17.0 Å². The second-order valence-electron chi connectivity index (χ2n) is 4.66. The summed E-state index contributed by atoms with van der Waals surface area (Å²) in [6.07, 6.45) is 2.72. The molecule has 9 heteroatoms. The van der Waals surface area contributed by atoms with Gasteiger partial charge in [0.2, 0.25) is 0 Å². The number of methoxy groups -OCH3 is 1. The molecule has 0 N–H and O–H groups in total. The number of pyridine rings is 1. The normalized spacial score (nSPS) is 10.3. The average Bonchev–Trinajstić information content (AvgIpc) is 2.89.